The van der Waals surface area contributed by atoms with Crippen LogP contribution in [0.2, 0.25) is 0 Å². The lowest BCUT2D eigenvalue weighted by atomic mass is 9.81. The predicted molar refractivity (Wildman–Crippen MR) is 79.8 cm³/mol. The van der Waals surface area contributed by atoms with E-state index < -0.39 is 0 Å². The zero-order chi connectivity index (χ0) is 12.9. The Morgan fingerprint density at radius 3 is 1.44 bits per heavy atom. The molecule has 0 amide bonds. The Hall–Kier alpha value is -0.0400. The number of rotatable bonds is 13. The summed E-state index contributed by atoms with van der Waals surface area (Å²) in [6.07, 6.45) is 21.2. The minimum atomic E-state index is 0.376. The van der Waals surface area contributed by atoms with E-state index in [1.54, 1.807) is 0 Å². The summed E-state index contributed by atoms with van der Waals surface area (Å²) in [5.41, 5.74) is 0. The van der Waals surface area contributed by atoms with E-state index in [1.165, 1.54) is 89.9 Å². The minimum absolute atomic E-state index is 0.376. The first kappa shape index (κ1) is 16.0. The van der Waals surface area contributed by atoms with Crippen LogP contribution in [-0.4, -0.2) is 11.7 Å². The molecule has 0 unspecified atom stereocenters. The molecule has 1 nitrogen and oxygen atoms in total. The Balaban J connectivity index is 1.63. The minimum Gasteiger partial charge on any atom is -0.396 e. The monoisotopic (exact) mass is 254 g/mol. The Morgan fingerprint density at radius 1 is 0.611 bits per heavy atom. The molecular weight excluding hydrogens is 220 g/mol. The van der Waals surface area contributed by atoms with Gasteiger partial charge in [0.2, 0.25) is 0 Å². The maximum Gasteiger partial charge on any atom is 0.0431 e. The van der Waals surface area contributed by atoms with E-state index in [1.807, 2.05) is 0 Å². The molecule has 1 heteroatoms. The van der Waals surface area contributed by atoms with Crippen molar-refractivity contribution in [3.63, 3.8) is 0 Å². The third-order valence-corrected chi connectivity index (χ3v) is 4.50. The first-order valence-corrected chi connectivity index (χ1v) is 8.54. The van der Waals surface area contributed by atoms with Gasteiger partial charge < -0.3 is 5.11 Å². The van der Waals surface area contributed by atoms with Crippen LogP contribution in [0.25, 0.3) is 0 Å². The molecule has 0 aliphatic heterocycles. The summed E-state index contributed by atoms with van der Waals surface area (Å²) >= 11 is 0. The average molecular weight is 254 g/mol. The number of aliphatic hydroxyl groups is 1. The standard InChI is InChI=1S/C17H34O/c18-16-11-9-7-5-3-1-2-4-6-8-10-13-17-14-12-15-17/h17-18H,1-16H2. The highest BCUT2D eigenvalue weighted by atomic mass is 16.2. The van der Waals surface area contributed by atoms with Crippen LogP contribution in [0.1, 0.15) is 96.3 Å². The fraction of sp³-hybridized carbons (Fsp3) is 1.00. The van der Waals surface area contributed by atoms with Crippen molar-refractivity contribution in [1.82, 2.24) is 0 Å². The third kappa shape index (κ3) is 8.97. The van der Waals surface area contributed by atoms with Gasteiger partial charge in [0.25, 0.3) is 0 Å². The van der Waals surface area contributed by atoms with Crippen LogP contribution in [-0.2, 0) is 0 Å². The third-order valence-electron chi connectivity index (χ3n) is 4.50. The van der Waals surface area contributed by atoms with Crippen molar-refractivity contribution >= 4 is 0 Å². The fourth-order valence-electron chi connectivity index (χ4n) is 2.92. The lowest BCUT2D eigenvalue weighted by molar-refractivity contribution is 0.282. The second kappa shape index (κ2) is 12.0. The molecule has 1 aliphatic carbocycles. The van der Waals surface area contributed by atoms with Crippen LogP contribution < -0.4 is 0 Å². The number of hydrogen-bond donors (Lipinski definition) is 1. The maximum absolute atomic E-state index is 8.66. The number of hydrogen-bond acceptors (Lipinski definition) is 1. The quantitative estimate of drug-likeness (QED) is 0.433. The van der Waals surface area contributed by atoms with Gasteiger partial charge in [0.05, 0.1) is 0 Å². The molecule has 1 saturated carbocycles. The first-order valence-electron chi connectivity index (χ1n) is 8.54. The molecule has 0 saturated heterocycles. The van der Waals surface area contributed by atoms with Gasteiger partial charge in [-0.2, -0.15) is 0 Å². The van der Waals surface area contributed by atoms with E-state index in [9.17, 15) is 0 Å². The maximum atomic E-state index is 8.66. The molecule has 0 spiro atoms. The van der Waals surface area contributed by atoms with Gasteiger partial charge in [0.15, 0.2) is 0 Å². The Bertz CT molecular complexity index is 163. The van der Waals surface area contributed by atoms with Crippen molar-refractivity contribution in [2.75, 3.05) is 6.61 Å². The van der Waals surface area contributed by atoms with E-state index in [0.717, 1.165) is 12.3 Å². The van der Waals surface area contributed by atoms with Gasteiger partial charge in [-0.3, -0.25) is 0 Å². The molecule has 108 valence electrons. The zero-order valence-electron chi connectivity index (χ0n) is 12.3. The molecular formula is C17H34O. The van der Waals surface area contributed by atoms with Gasteiger partial charge in [-0.1, -0.05) is 89.9 Å². The van der Waals surface area contributed by atoms with Crippen LogP contribution >= 0.6 is 0 Å². The van der Waals surface area contributed by atoms with Crippen molar-refractivity contribution in [3.8, 4) is 0 Å². The summed E-state index contributed by atoms with van der Waals surface area (Å²) in [4.78, 5) is 0. The van der Waals surface area contributed by atoms with Gasteiger partial charge in [-0.05, 0) is 12.3 Å². The van der Waals surface area contributed by atoms with Gasteiger partial charge in [0.1, 0.15) is 0 Å². The summed E-state index contributed by atoms with van der Waals surface area (Å²) in [6.45, 7) is 0.376. The molecule has 18 heavy (non-hydrogen) atoms. The lowest BCUT2D eigenvalue weighted by Crippen LogP contribution is -2.10. The van der Waals surface area contributed by atoms with E-state index in [-0.39, 0.29) is 0 Å². The molecule has 0 bridgehead atoms. The number of aliphatic hydroxyl groups excluding tert-OH is 1. The van der Waals surface area contributed by atoms with E-state index in [2.05, 4.69) is 0 Å². The van der Waals surface area contributed by atoms with Crippen molar-refractivity contribution in [2.24, 2.45) is 5.92 Å². The molecule has 0 heterocycles. The summed E-state index contributed by atoms with van der Waals surface area (Å²) < 4.78 is 0. The smallest absolute Gasteiger partial charge is 0.0431 e. The Morgan fingerprint density at radius 2 is 1.06 bits per heavy atom. The highest BCUT2D eigenvalue weighted by Crippen LogP contribution is 2.31. The summed E-state index contributed by atoms with van der Waals surface area (Å²) in [7, 11) is 0. The van der Waals surface area contributed by atoms with Crippen molar-refractivity contribution in [1.29, 1.82) is 0 Å². The van der Waals surface area contributed by atoms with Crippen molar-refractivity contribution in [3.05, 3.63) is 0 Å². The largest absolute Gasteiger partial charge is 0.396 e. The lowest BCUT2D eigenvalue weighted by Gasteiger charge is -2.24. The van der Waals surface area contributed by atoms with Crippen LogP contribution in [0.4, 0.5) is 0 Å². The summed E-state index contributed by atoms with van der Waals surface area (Å²) in [5.74, 6) is 1.11. The molecule has 0 aromatic heterocycles. The SMILES string of the molecule is OCCCCCCCCCCCCCC1CCC1. The summed E-state index contributed by atoms with van der Waals surface area (Å²) in [5, 5.41) is 8.66. The molecule has 1 N–H and O–H groups in total. The normalized spacial score (nSPS) is 15.8. The second-order valence-electron chi connectivity index (χ2n) is 6.20. The van der Waals surface area contributed by atoms with Gasteiger partial charge in [0, 0.05) is 6.61 Å². The molecule has 0 atom stereocenters. The van der Waals surface area contributed by atoms with Crippen molar-refractivity contribution < 1.29 is 5.11 Å². The molecule has 1 aliphatic rings. The Kier molecular flexibility index (Phi) is 10.7. The molecule has 1 rings (SSSR count). The van der Waals surface area contributed by atoms with Gasteiger partial charge >= 0.3 is 0 Å². The summed E-state index contributed by atoms with van der Waals surface area (Å²) in [6, 6.07) is 0. The van der Waals surface area contributed by atoms with Crippen LogP contribution in [0.3, 0.4) is 0 Å². The van der Waals surface area contributed by atoms with Crippen molar-refractivity contribution in [2.45, 2.75) is 96.3 Å². The Labute approximate surface area is 114 Å². The second-order valence-corrected chi connectivity index (χ2v) is 6.20. The van der Waals surface area contributed by atoms with Gasteiger partial charge in [-0.25, -0.2) is 0 Å². The first-order chi connectivity index (χ1) is 8.93. The molecule has 0 aromatic carbocycles. The van der Waals surface area contributed by atoms with Crippen LogP contribution in [0, 0.1) is 5.92 Å². The van der Waals surface area contributed by atoms with E-state index in [0.29, 0.717) is 6.61 Å². The highest BCUT2D eigenvalue weighted by Gasteiger charge is 2.15. The van der Waals surface area contributed by atoms with E-state index in [4.69, 9.17) is 5.11 Å². The molecule has 0 aromatic rings. The van der Waals surface area contributed by atoms with E-state index >= 15 is 0 Å². The fourth-order valence-corrected chi connectivity index (χ4v) is 2.92. The highest BCUT2D eigenvalue weighted by molar-refractivity contribution is 4.69. The molecule has 1 fully saturated rings. The average Bonchev–Trinajstić information content (AvgIpc) is 2.33. The number of unbranched alkanes of at least 4 members (excludes halogenated alkanes) is 10. The predicted octanol–water partition coefficient (Wildman–Crippen LogP) is 5.46. The molecule has 0 radical (unpaired) electrons. The van der Waals surface area contributed by atoms with Crippen LogP contribution in [0.15, 0.2) is 0 Å². The zero-order valence-corrected chi connectivity index (χ0v) is 12.3. The van der Waals surface area contributed by atoms with Crippen LogP contribution in [0.5, 0.6) is 0 Å². The topological polar surface area (TPSA) is 20.2 Å². The van der Waals surface area contributed by atoms with Gasteiger partial charge in [-0.15, -0.1) is 0 Å².